The molecule has 1 aromatic carbocycles. The summed E-state index contributed by atoms with van der Waals surface area (Å²) in [5.41, 5.74) is -0.769. The molecule has 2 bridgehead atoms. The van der Waals surface area contributed by atoms with E-state index in [1.54, 1.807) is 22.0 Å². The van der Waals surface area contributed by atoms with Crippen molar-refractivity contribution in [1.82, 2.24) is 14.7 Å². The molecule has 1 aromatic rings. The summed E-state index contributed by atoms with van der Waals surface area (Å²) in [4.78, 5) is 47.9. The predicted octanol–water partition coefficient (Wildman–Crippen LogP) is 3.53. The molecule has 1 spiro atoms. The number of hydrogen-bond acceptors (Lipinski definition) is 5. The van der Waals surface area contributed by atoms with Crippen molar-refractivity contribution in [3.8, 4) is 0 Å². The van der Waals surface area contributed by atoms with Crippen molar-refractivity contribution in [1.29, 1.82) is 0 Å². The molecule has 7 atom stereocenters. The molecule has 3 saturated heterocycles. The Kier molecular flexibility index (Phi) is 8.97. The number of benzene rings is 1. The van der Waals surface area contributed by atoms with Crippen molar-refractivity contribution in [2.45, 2.75) is 81.2 Å². The van der Waals surface area contributed by atoms with E-state index in [-0.39, 0.29) is 29.2 Å². The third-order valence-electron chi connectivity index (χ3n) is 8.59. The van der Waals surface area contributed by atoms with Gasteiger partial charge in [-0.3, -0.25) is 14.4 Å². The number of aliphatic hydroxyl groups is 1. The Hall–Kier alpha value is -2.49. The van der Waals surface area contributed by atoms with Crippen molar-refractivity contribution in [2.75, 3.05) is 19.7 Å². The molecule has 4 rings (SSSR count). The Morgan fingerprint density at radius 1 is 1.20 bits per heavy atom. The molecule has 0 saturated carbocycles. The van der Waals surface area contributed by atoms with E-state index >= 15 is 0 Å². The molecule has 1 N–H and O–H groups in total. The molecule has 3 aliphatic rings. The smallest absolute Gasteiger partial charge is 0.249 e. The van der Waals surface area contributed by atoms with Crippen LogP contribution in [0.25, 0.3) is 0 Å². The number of hydrogen-bond donors (Lipinski definition) is 1. The summed E-state index contributed by atoms with van der Waals surface area (Å²) in [5.74, 6) is -2.35. The quantitative estimate of drug-likeness (QED) is 0.304. The fourth-order valence-electron chi connectivity index (χ4n) is 6.81. The van der Waals surface area contributed by atoms with Crippen LogP contribution in [0.2, 0.25) is 0 Å². The number of aliphatic hydroxyl groups excluding tert-OH is 1. The van der Waals surface area contributed by atoms with Crippen molar-refractivity contribution >= 4 is 33.7 Å². The van der Waals surface area contributed by atoms with E-state index < -0.39 is 41.2 Å². The molecule has 8 nitrogen and oxygen atoms in total. The molecule has 3 fully saturated rings. The van der Waals surface area contributed by atoms with Gasteiger partial charge in [-0.1, -0.05) is 65.3 Å². The van der Waals surface area contributed by atoms with E-state index in [4.69, 9.17) is 4.74 Å². The van der Waals surface area contributed by atoms with Gasteiger partial charge in [0.2, 0.25) is 17.7 Å². The van der Waals surface area contributed by atoms with Crippen LogP contribution >= 0.6 is 15.9 Å². The highest BCUT2D eigenvalue weighted by Gasteiger charge is 2.77. The second kappa shape index (κ2) is 11.8. The number of carbonyl (C=O) groups is 3. The summed E-state index contributed by atoms with van der Waals surface area (Å²) < 4.78 is 6.69. The van der Waals surface area contributed by atoms with E-state index in [0.717, 1.165) is 5.56 Å². The summed E-state index contributed by atoms with van der Waals surface area (Å²) in [6.07, 6.45) is 3.67. The lowest BCUT2D eigenvalue weighted by molar-refractivity contribution is -0.154. The van der Waals surface area contributed by atoms with E-state index in [2.05, 4.69) is 29.1 Å². The molecular weight excluding hydrogens is 574 g/mol. The predicted molar refractivity (Wildman–Crippen MR) is 157 cm³/mol. The summed E-state index contributed by atoms with van der Waals surface area (Å²) >= 11 is 3.75. The highest BCUT2D eigenvalue weighted by molar-refractivity contribution is 9.09. The molecule has 0 aromatic heterocycles. The second-order valence-corrected chi connectivity index (χ2v) is 13.2. The number of rotatable bonds is 11. The number of fused-ring (bicyclic) bond motifs is 1. The number of ether oxygens (including phenoxy) is 1. The molecule has 0 radical (unpaired) electrons. The third kappa shape index (κ3) is 5.05. The first-order chi connectivity index (χ1) is 19.0. The van der Waals surface area contributed by atoms with Gasteiger partial charge in [0.1, 0.15) is 11.6 Å². The van der Waals surface area contributed by atoms with Crippen LogP contribution in [0.3, 0.4) is 0 Å². The first-order valence-electron chi connectivity index (χ1n) is 14.1. The number of alkyl halides is 1. The Balaban J connectivity index is 1.80. The van der Waals surface area contributed by atoms with Crippen LogP contribution in [0.1, 0.15) is 46.1 Å². The average molecular weight is 617 g/mol. The Bertz CT molecular complexity index is 1130. The molecule has 3 unspecified atom stereocenters. The molecule has 218 valence electrons. The molecule has 40 heavy (non-hydrogen) atoms. The largest absolute Gasteiger partial charge is 0.394 e. The number of carbonyl (C=O) groups excluding carboxylic acids is 3. The normalized spacial score (nSPS) is 29.7. The minimum Gasteiger partial charge on any atom is -0.394 e. The highest BCUT2D eigenvalue weighted by Crippen LogP contribution is 2.61. The minimum atomic E-state index is -1.19. The number of halogens is 1. The molecule has 9 heteroatoms. The standard InChI is InChI=1S/C31H42BrN3O5/c1-7-15-33(18-20-13-11-10-12-14-20)27(37)23-24-28(38)35(21(9-3)19-36)26(31(24)17-22(32)25(23)40-31)29(39)34(16-8-2)30(4,5)6/h7-8,10-14,21-26,36H,1-2,9,15-19H2,3-6H3/t21-,22?,23+,24-,25+,26?,31?/m0/s1. The third-order valence-corrected chi connectivity index (χ3v) is 9.43. The first-order valence-corrected chi connectivity index (χ1v) is 15.0. The van der Waals surface area contributed by atoms with Crippen molar-refractivity contribution in [2.24, 2.45) is 11.8 Å². The number of nitrogens with zero attached hydrogens (tertiary/aromatic N) is 3. The van der Waals surface area contributed by atoms with Gasteiger partial charge in [0.25, 0.3) is 0 Å². The van der Waals surface area contributed by atoms with Crippen molar-refractivity contribution in [3.05, 3.63) is 61.2 Å². The van der Waals surface area contributed by atoms with Crippen molar-refractivity contribution in [3.63, 3.8) is 0 Å². The maximum atomic E-state index is 14.5. The zero-order valence-corrected chi connectivity index (χ0v) is 25.5. The zero-order chi connectivity index (χ0) is 29.4. The monoisotopic (exact) mass is 615 g/mol. The summed E-state index contributed by atoms with van der Waals surface area (Å²) in [6.45, 7) is 16.1. The first kappa shape index (κ1) is 30.5. The molecule has 0 aliphatic carbocycles. The van der Waals surface area contributed by atoms with Gasteiger partial charge in [0, 0.05) is 30.0 Å². The lowest BCUT2D eigenvalue weighted by Gasteiger charge is -2.43. The average Bonchev–Trinajstić information content (AvgIpc) is 3.50. The van der Waals surface area contributed by atoms with Crippen LogP contribution in [0.4, 0.5) is 0 Å². The van der Waals surface area contributed by atoms with Gasteiger partial charge in [-0.25, -0.2) is 0 Å². The van der Waals surface area contributed by atoms with Crippen molar-refractivity contribution < 1.29 is 24.2 Å². The van der Waals surface area contributed by atoms with Gasteiger partial charge in [0.15, 0.2) is 0 Å². The fraction of sp³-hybridized carbons (Fsp3) is 0.581. The van der Waals surface area contributed by atoms with Gasteiger partial charge in [-0.15, -0.1) is 13.2 Å². The summed E-state index contributed by atoms with van der Waals surface area (Å²) in [6, 6.07) is 8.15. The number of amides is 3. The SMILES string of the molecule is C=CCN(Cc1ccccc1)C(=O)[C@H]1[C@@H]2OC3(CC2Br)C(C(=O)N(CC=C)C(C)(C)C)N([C@@H](CC)CO)C(=O)[C@H]13. The Morgan fingerprint density at radius 3 is 2.40 bits per heavy atom. The Labute approximate surface area is 246 Å². The molecule has 3 aliphatic heterocycles. The van der Waals surface area contributed by atoms with Crippen LogP contribution < -0.4 is 0 Å². The van der Waals surface area contributed by atoms with Gasteiger partial charge >= 0.3 is 0 Å². The van der Waals surface area contributed by atoms with Gasteiger partial charge in [-0.2, -0.15) is 0 Å². The minimum absolute atomic E-state index is 0.193. The van der Waals surface area contributed by atoms with Crippen LogP contribution in [0, 0.1) is 11.8 Å². The summed E-state index contributed by atoms with van der Waals surface area (Å²) in [5, 5.41) is 10.3. The van der Waals surface area contributed by atoms with E-state index in [1.807, 2.05) is 58.0 Å². The molecular formula is C31H42BrN3O5. The van der Waals surface area contributed by atoms with Gasteiger partial charge in [0.05, 0.1) is 30.6 Å². The molecule has 3 amide bonds. The summed E-state index contributed by atoms with van der Waals surface area (Å²) in [7, 11) is 0. The highest BCUT2D eigenvalue weighted by atomic mass is 79.9. The van der Waals surface area contributed by atoms with Crippen LogP contribution in [-0.2, 0) is 25.7 Å². The lowest BCUT2D eigenvalue weighted by atomic mass is 9.70. The molecule has 3 heterocycles. The fourth-order valence-corrected chi connectivity index (χ4v) is 7.75. The van der Waals surface area contributed by atoms with E-state index in [0.29, 0.717) is 32.5 Å². The number of likely N-dealkylation sites (tertiary alicyclic amines) is 1. The topological polar surface area (TPSA) is 90.4 Å². The Morgan fingerprint density at radius 2 is 1.85 bits per heavy atom. The lowest BCUT2D eigenvalue weighted by Crippen LogP contribution is -2.61. The van der Waals surface area contributed by atoms with E-state index in [9.17, 15) is 19.5 Å². The maximum absolute atomic E-state index is 14.5. The van der Waals surface area contributed by atoms with Gasteiger partial charge in [-0.05, 0) is 39.2 Å². The zero-order valence-electron chi connectivity index (χ0n) is 24.0. The van der Waals surface area contributed by atoms with Gasteiger partial charge < -0.3 is 24.5 Å². The maximum Gasteiger partial charge on any atom is 0.249 e. The van der Waals surface area contributed by atoms with Crippen LogP contribution in [-0.4, -0.2) is 91.4 Å². The van der Waals surface area contributed by atoms with Crippen LogP contribution in [0.5, 0.6) is 0 Å². The van der Waals surface area contributed by atoms with Crippen LogP contribution in [0.15, 0.2) is 55.6 Å². The second-order valence-electron chi connectivity index (χ2n) is 12.1. The van der Waals surface area contributed by atoms with E-state index in [1.165, 1.54) is 4.90 Å².